The minimum atomic E-state index is 0.462. The van der Waals surface area contributed by atoms with E-state index in [9.17, 15) is 52.6 Å². The first-order chi connectivity index (χ1) is 72.0. The van der Waals surface area contributed by atoms with Crippen molar-refractivity contribution in [2.24, 2.45) is 0 Å². The fraction of sp³-hybridized carbons (Fsp3) is 0. The lowest BCUT2D eigenvalue weighted by Crippen LogP contribution is -1.95. The van der Waals surface area contributed by atoms with Gasteiger partial charge in [0, 0.05) is 125 Å². The van der Waals surface area contributed by atoms with Gasteiger partial charge < -0.3 is 22.7 Å². The average Bonchev–Trinajstić information content (AvgIpc) is 1.57. The molecule has 0 aliphatic heterocycles. The van der Waals surface area contributed by atoms with Gasteiger partial charge in [-0.25, -0.2) is 0 Å². The zero-order valence-electron chi connectivity index (χ0n) is 77.5. The van der Waals surface area contributed by atoms with Gasteiger partial charge in [0.05, 0.1) is 160 Å². The molecular formula is C130H70N14OS. The highest BCUT2D eigenvalue weighted by molar-refractivity contribution is 7.25. The van der Waals surface area contributed by atoms with Crippen LogP contribution in [0.1, 0.15) is 55.6 Å². The van der Waals surface area contributed by atoms with Crippen LogP contribution in [0, 0.1) is 113 Å². The normalized spacial score (nSPS) is 10.9. The smallest absolute Gasteiger partial charge is 0.135 e. The standard InChI is InChI=1S/2C33H18N4.C32H17N3O.C32H17N3S/c34-19-23-8-4-5-13-27(23)28-14-7-15-30-33(28)29-17-16-22(32-24(20-35)9-6-10-25(32)21-36)18-31(29)37(30)26-11-2-1-3-12-26;34-19-24-7-4-5-12-28(24)22-14-16-31-30(17-22)29-15-13-23(33-25(20-35)8-6-9-26(33)21-36)18-32(29)37(31)27-10-2-1-3-11-27;2*33-18-21-6-5-7-22(19-34)32(21)20-12-14-25-24-8-1-3-10-28(24)35(29(25)16-20)23-13-15-31-27(17-23)26-9-2-4-11-30(26)36-31/h2*1-18H;2*1-17H. The number of rotatable bonds is 10. The number of benzene rings is 20. The molecule has 0 bridgehead atoms. The third-order valence-electron chi connectivity index (χ3n) is 27.2. The molecule has 0 saturated carbocycles. The van der Waals surface area contributed by atoms with E-state index < -0.39 is 0 Å². The van der Waals surface area contributed by atoms with Gasteiger partial charge in [-0.2, -0.15) is 52.6 Å². The van der Waals surface area contributed by atoms with Crippen molar-refractivity contribution in [3.05, 3.63) is 480 Å². The number of aromatic nitrogens is 4. The topological polar surface area (TPSA) is 271 Å². The van der Waals surface area contributed by atoms with Crippen molar-refractivity contribution in [2.45, 2.75) is 0 Å². The van der Waals surface area contributed by atoms with Crippen molar-refractivity contribution in [3.63, 3.8) is 0 Å². The molecule has 6 aromatic heterocycles. The predicted octanol–water partition coefficient (Wildman–Crippen LogP) is 32.1. The lowest BCUT2D eigenvalue weighted by molar-refractivity contribution is 0.669. The molecule has 0 saturated heterocycles. The van der Waals surface area contributed by atoms with E-state index in [2.05, 4.69) is 279 Å². The molecule has 26 aromatic rings. The summed E-state index contributed by atoms with van der Waals surface area (Å²) < 4.78 is 17.6. The summed E-state index contributed by atoms with van der Waals surface area (Å²) in [6.45, 7) is 0. The lowest BCUT2D eigenvalue weighted by Gasteiger charge is -2.11. The van der Waals surface area contributed by atoms with Crippen LogP contribution < -0.4 is 0 Å². The van der Waals surface area contributed by atoms with Gasteiger partial charge in [0.25, 0.3) is 0 Å². The van der Waals surface area contributed by atoms with E-state index >= 15 is 0 Å². The van der Waals surface area contributed by atoms with Crippen LogP contribution in [0.15, 0.2) is 429 Å². The molecule has 0 amide bonds. The van der Waals surface area contributed by atoms with Crippen LogP contribution in [0.5, 0.6) is 0 Å². The molecule has 0 fully saturated rings. The Morgan fingerprint density at radius 3 is 0.973 bits per heavy atom. The second-order valence-corrected chi connectivity index (χ2v) is 36.2. The lowest BCUT2D eigenvalue weighted by atomic mass is 9.93. The molecular weight excluding hydrogens is 1810 g/mol. The molecule has 0 unspecified atom stereocenters. The monoisotopic (exact) mass is 1870 g/mol. The maximum absolute atomic E-state index is 9.80. The summed E-state index contributed by atoms with van der Waals surface area (Å²) in [4.78, 5) is 0. The van der Waals surface area contributed by atoms with E-state index in [1.807, 2.05) is 163 Å². The third kappa shape index (κ3) is 15.2. The highest BCUT2D eigenvalue weighted by Crippen LogP contribution is 2.47. The number of furan rings is 1. The number of fused-ring (bicyclic) bond motifs is 18. The average molecular weight is 1880 g/mol. The van der Waals surface area contributed by atoms with Crippen molar-refractivity contribution < 1.29 is 4.42 Å². The number of thiophene rings is 1. The van der Waals surface area contributed by atoms with E-state index in [4.69, 9.17) is 4.42 Å². The maximum atomic E-state index is 9.80. The summed E-state index contributed by atoms with van der Waals surface area (Å²) in [5.74, 6) is 0. The molecule has 0 aliphatic rings. The van der Waals surface area contributed by atoms with Crippen LogP contribution >= 0.6 is 11.3 Å². The molecule has 0 N–H and O–H groups in total. The van der Waals surface area contributed by atoms with E-state index in [-0.39, 0.29) is 0 Å². The van der Waals surface area contributed by atoms with Crippen LogP contribution in [0.25, 0.3) is 219 Å². The van der Waals surface area contributed by atoms with Gasteiger partial charge in [-0.1, -0.05) is 237 Å². The van der Waals surface area contributed by atoms with E-state index in [0.717, 1.165) is 171 Å². The first kappa shape index (κ1) is 88.5. The Morgan fingerprint density at radius 1 is 0.171 bits per heavy atom. The fourth-order valence-corrected chi connectivity index (χ4v) is 21.9. The largest absolute Gasteiger partial charge is 0.456 e. The van der Waals surface area contributed by atoms with Crippen molar-refractivity contribution in [1.29, 1.82) is 52.6 Å². The Hall–Kier alpha value is -21.5. The molecule has 15 nitrogen and oxygen atoms in total. The van der Waals surface area contributed by atoms with Crippen LogP contribution in [-0.2, 0) is 0 Å². The zero-order valence-corrected chi connectivity index (χ0v) is 78.3. The summed E-state index contributed by atoms with van der Waals surface area (Å²) in [7, 11) is 0. The number of nitriles is 10. The molecule has 20 aromatic carbocycles. The summed E-state index contributed by atoms with van der Waals surface area (Å²) in [5.41, 5.74) is 28.9. The molecule has 0 spiro atoms. The Bertz CT molecular complexity index is 10000. The SMILES string of the molecule is N#Cc1cccc(C#N)c1-c1ccc2c3ccccc3n(-c3ccc4oc5ccccc5c4c3)c2c1.N#Cc1cccc(C#N)c1-c1ccc2c3ccccc3n(-c3ccc4sc5ccccc5c4c3)c2c1.N#Cc1ccccc1-c1ccc2c(c1)c1ccc(-c3c(C#N)cccc3C#N)cc1n2-c1ccccc1.N#Cc1ccccc1-c1cccc2c1c1ccc(-c3c(C#N)cccc3C#N)cc1n2-c1ccccc1. The van der Waals surface area contributed by atoms with Gasteiger partial charge in [0.15, 0.2) is 0 Å². The molecule has 26 rings (SSSR count). The van der Waals surface area contributed by atoms with E-state index in [1.54, 1.807) is 72.8 Å². The Balaban J connectivity index is 0.000000107. The molecule has 0 aliphatic carbocycles. The van der Waals surface area contributed by atoms with Crippen molar-refractivity contribution in [1.82, 2.24) is 18.3 Å². The molecule has 16 heteroatoms. The Kier molecular flexibility index (Phi) is 22.7. The number of hydrogen-bond donors (Lipinski definition) is 0. The number of para-hydroxylation sites is 5. The third-order valence-corrected chi connectivity index (χ3v) is 28.4. The summed E-state index contributed by atoms with van der Waals surface area (Å²) >= 11 is 1.81. The minimum absolute atomic E-state index is 0.462. The van der Waals surface area contributed by atoms with Gasteiger partial charge >= 0.3 is 0 Å². The first-order valence-electron chi connectivity index (χ1n) is 46.9. The van der Waals surface area contributed by atoms with Crippen molar-refractivity contribution in [3.8, 4) is 150 Å². The van der Waals surface area contributed by atoms with Gasteiger partial charge in [-0.3, -0.25) is 0 Å². The Labute approximate surface area is 840 Å². The number of nitrogens with zero attached hydrogens (tertiary/aromatic N) is 14. The zero-order chi connectivity index (χ0) is 99.2. The predicted molar refractivity (Wildman–Crippen MR) is 583 cm³/mol. The summed E-state index contributed by atoms with van der Waals surface area (Å²) in [5, 5.41) is 111. The van der Waals surface area contributed by atoms with Gasteiger partial charge in [0.1, 0.15) is 11.2 Å². The summed E-state index contributed by atoms with van der Waals surface area (Å²) in [6, 6.07) is 163. The van der Waals surface area contributed by atoms with E-state index in [0.29, 0.717) is 77.9 Å². The van der Waals surface area contributed by atoms with Crippen molar-refractivity contribution >= 4 is 141 Å². The van der Waals surface area contributed by atoms with Crippen molar-refractivity contribution in [2.75, 3.05) is 0 Å². The highest BCUT2D eigenvalue weighted by Gasteiger charge is 2.26. The van der Waals surface area contributed by atoms with Gasteiger partial charge in [-0.05, 0) is 227 Å². The van der Waals surface area contributed by atoms with Crippen LogP contribution in [0.4, 0.5) is 0 Å². The fourth-order valence-electron chi connectivity index (χ4n) is 20.9. The first-order valence-corrected chi connectivity index (χ1v) is 47.7. The molecule has 0 atom stereocenters. The van der Waals surface area contributed by atoms with E-state index in [1.165, 1.54) is 25.6 Å². The minimum Gasteiger partial charge on any atom is -0.456 e. The Morgan fingerprint density at radius 2 is 0.486 bits per heavy atom. The summed E-state index contributed by atoms with van der Waals surface area (Å²) in [6.07, 6.45) is 0. The highest BCUT2D eigenvalue weighted by atomic mass is 32.1. The second-order valence-electron chi connectivity index (χ2n) is 35.1. The van der Waals surface area contributed by atoms with Crippen LogP contribution in [0.2, 0.25) is 0 Å². The molecule has 6 heterocycles. The quantitative estimate of drug-likeness (QED) is 0.124. The maximum Gasteiger partial charge on any atom is 0.135 e. The van der Waals surface area contributed by atoms with Gasteiger partial charge in [0.2, 0.25) is 0 Å². The van der Waals surface area contributed by atoms with Crippen LogP contribution in [0.3, 0.4) is 0 Å². The van der Waals surface area contributed by atoms with Crippen LogP contribution in [-0.4, -0.2) is 18.3 Å². The number of hydrogen-bond acceptors (Lipinski definition) is 12. The second kappa shape index (κ2) is 37.4. The molecule has 0 radical (unpaired) electrons. The van der Waals surface area contributed by atoms with Gasteiger partial charge in [-0.15, -0.1) is 11.3 Å². The molecule has 146 heavy (non-hydrogen) atoms. The molecule has 672 valence electrons.